The molecule has 4 rings (SSSR count). The van der Waals surface area contributed by atoms with Gasteiger partial charge < -0.3 is 5.32 Å². The quantitative estimate of drug-likeness (QED) is 0.584. The molecular formula is C21H22ClN4O2S2. The molecule has 3 heterocycles. The van der Waals surface area contributed by atoms with Gasteiger partial charge in [0, 0.05) is 36.8 Å². The van der Waals surface area contributed by atoms with E-state index in [1.165, 1.54) is 23.2 Å². The van der Waals surface area contributed by atoms with Crippen LogP contribution in [0.3, 0.4) is 0 Å². The van der Waals surface area contributed by atoms with Crippen molar-refractivity contribution < 1.29 is 8.42 Å². The topological polar surface area (TPSA) is 75.2 Å². The van der Waals surface area contributed by atoms with Crippen LogP contribution >= 0.6 is 22.9 Å². The number of likely N-dealkylation sites (tertiary alicyclic amines) is 1. The van der Waals surface area contributed by atoms with Crippen LogP contribution in [-0.2, 0) is 9.84 Å². The number of piperidine rings is 1. The van der Waals surface area contributed by atoms with E-state index < -0.39 is 9.84 Å². The predicted octanol–water partition coefficient (Wildman–Crippen LogP) is 4.46. The molecule has 2 aromatic heterocycles. The maximum atomic E-state index is 12.6. The lowest BCUT2D eigenvalue weighted by atomic mass is 10.00. The fraction of sp³-hybridized carbons (Fsp3) is 0.333. The first-order valence-corrected chi connectivity index (χ1v) is 12.5. The number of anilines is 1. The predicted molar refractivity (Wildman–Crippen MR) is 119 cm³/mol. The molecule has 1 N–H and O–H groups in total. The lowest BCUT2D eigenvalue weighted by Gasteiger charge is -2.36. The number of pyridine rings is 1. The summed E-state index contributed by atoms with van der Waals surface area (Å²) >= 11 is 7.37. The van der Waals surface area contributed by atoms with Crippen molar-refractivity contribution in [2.45, 2.75) is 41.1 Å². The van der Waals surface area contributed by atoms with Gasteiger partial charge in [-0.15, -0.1) is 11.3 Å². The molecule has 0 saturated carbocycles. The summed E-state index contributed by atoms with van der Waals surface area (Å²) in [5.41, 5.74) is 1.32. The second kappa shape index (κ2) is 9.01. The van der Waals surface area contributed by atoms with Gasteiger partial charge in [-0.2, -0.15) is 0 Å². The number of thiazole rings is 1. The van der Waals surface area contributed by atoms with Gasteiger partial charge in [-0.3, -0.25) is 4.90 Å². The van der Waals surface area contributed by atoms with E-state index in [4.69, 9.17) is 11.6 Å². The zero-order chi connectivity index (χ0) is 21.1. The largest absolute Gasteiger partial charge is 0.366 e. The first kappa shape index (κ1) is 21.2. The maximum absolute atomic E-state index is 12.6. The third kappa shape index (κ3) is 4.51. The third-order valence-electron chi connectivity index (χ3n) is 5.42. The molecule has 0 aliphatic carbocycles. The lowest BCUT2D eigenvalue weighted by Crippen LogP contribution is -2.40. The average Bonchev–Trinajstić information content (AvgIpc) is 3.32. The molecule has 3 aromatic rings. The van der Waals surface area contributed by atoms with Crippen molar-refractivity contribution >= 4 is 38.6 Å². The van der Waals surface area contributed by atoms with Crippen molar-refractivity contribution in [1.29, 1.82) is 0 Å². The minimum absolute atomic E-state index is 0.0130. The molecule has 1 atom stereocenters. The summed E-state index contributed by atoms with van der Waals surface area (Å²) in [6, 6.07) is 12.6. The van der Waals surface area contributed by atoms with Gasteiger partial charge in [-0.1, -0.05) is 41.9 Å². The van der Waals surface area contributed by atoms with Crippen LogP contribution in [0.15, 0.2) is 57.2 Å². The Hall–Kier alpha value is -2.00. The highest BCUT2D eigenvalue weighted by atomic mass is 35.5. The summed E-state index contributed by atoms with van der Waals surface area (Å²) < 4.78 is 25.1. The van der Waals surface area contributed by atoms with Crippen LogP contribution in [0, 0.1) is 6.20 Å². The van der Waals surface area contributed by atoms with Crippen LogP contribution in [0.25, 0.3) is 0 Å². The molecule has 30 heavy (non-hydrogen) atoms. The highest BCUT2D eigenvalue weighted by Crippen LogP contribution is 2.30. The number of hydrogen-bond acceptors (Lipinski definition) is 7. The third-order valence-corrected chi connectivity index (χ3v) is 8.57. The Morgan fingerprint density at radius 1 is 1.27 bits per heavy atom. The van der Waals surface area contributed by atoms with Gasteiger partial charge in [-0.05, 0) is 31.4 Å². The highest BCUT2D eigenvalue weighted by molar-refractivity contribution is 7.93. The first-order valence-electron chi connectivity index (χ1n) is 9.73. The smallest absolute Gasteiger partial charge is 0.235 e. The van der Waals surface area contributed by atoms with Crippen molar-refractivity contribution in [3.63, 3.8) is 0 Å². The number of sulfone groups is 1. The molecule has 6 nitrogen and oxygen atoms in total. The zero-order valence-electron chi connectivity index (χ0n) is 16.5. The molecule has 1 fully saturated rings. The molecular weight excluding hydrogens is 440 g/mol. The van der Waals surface area contributed by atoms with Gasteiger partial charge in [0.25, 0.3) is 0 Å². The number of aromatic nitrogens is 2. The Bertz CT molecular complexity index is 1080. The second-order valence-electron chi connectivity index (χ2n) is 7.29. The van der Waals surface area contributed by atoms with Crippen molar-refractivity contribution in [2.75, 3.05) is 18.4 Å². The molecule has 1 radical (unpaired) electrons. The summed E-state index contributed by atoms with van der Waals surface area (Å²) in [6.07, 6.45) is 5.78. The maximum Gasteiger partial charge on any atom is 0.235 e. The van der Waals surface area contributed by atoms with Crippen LogP contribution in [0.1, 0.15) is 31.4 Å². The average molecular weight is 462 g/mol. The molecule has 9 heteroatoms. The van der Waals surface area contributed by atoms with E-state index in [1.807, 2.05) is 6.07 Å². The molecule has 1 aliphatic rings. The van der Waals surface area contributed by atoms with Gasteiger partial charge >= 0.3 is 0 Å². The van der Waals surface area contributed by atoms with Crippen molar-refractivity contribution in [3.8, 4) is 0 Å². The number of benzene rings is 1. The lowest BCUT2D eigenvalue weighted by molar-refractivity contribution is 0.167. The van der Waals surface area contributed by atoms with E-state index in [-0.39, 0.29) is 20.3 Å². The molecule has 0 bridgehead atoms. The molecule has 1 aromatic carbocycles. The van der Waals surface area contributed by atoms with Crippen LogP contribution < -0.4 is 5.32 Å². The normalized spacial score (nSPS) is 17.0. The Balaban J connectivity index is 1.39. The first-order chi connectivity index (χ1) is 14.4. The van der Waals surface area contributed by atoms with Gasteiger partial charge in [0.1, 0.15) is 12.0 Å². The van der Waals surface area contributed by atoms with E-state index in [2.05, 4.69) is 57.6 Å². The number of hydrogen-bond donors (Lipinski definition) is 1. The molecule has 1 saturated heterocycles. The Kier molecular flexibility index (Phi) is 6.38. The molecule has 1 aliphatic heterocycles. The minimum atomic E-state index is -3.72. The van der Waals surface area contributed by atoms with Crippen LogP contribution in [0.4, 0.5) is 5.82 Å². The second-order valence-corrected chi connectivity index (χ2v) is 10.7. The van der Waals surface area contributed by atoms with Gasteiger partial charge in [0.05, 0.1) is 9.92 Å². The van der Waals surface area contributed by atoms with E-state index in [9.17, 15) is 8.42 Å². The van der Waals surface area contributed by atoms with Gasteiger partial charge in [-0.25, -0.2) is 18.4 Å². The van der Waals surface area contributed by atoms with Crippen LogP contribution in [0.5, 0.6) is 0 Å². The molecule has 0 amide bonds. The van der Waals surface area contributed by atoms with E-state index in [0.717, 1.165) is 37.3 Å². The number of nitrogens with zero attached hydrogens (tertiary/aromatic N) is 3. The van der Waals surface area contributed by atoms with E-state index in [1.54, 1.807) is 0 Å². The van der Waals surface area contributed by atoms with Crippen molar-refractivity contribution in [2.24, 2.45) is 0 Å². The summed E-state index contributed by atoms with van der Waals surface area (Å²) in [6.45, 7) is 4.18. The molecule has 0 spiro atoms. The van der Waals surface area contributed by atoms with Gasteiger partial charge in [0.15, 0.2) is 0 Å². The monoisotopic (exact) mass is 461 g/mol. The summed E-state index contributed by atoms with van der Waals surface area (Å²) in [5, 5.41) is 5.17. The Labute approximate surface area is 185 Å². The number of rotatable bonds is 6. The molecule has 0 unspecified atom stereocenters. The van der Waals surface area contributed by atoms with E-state index >= 15 is 0 Å². The Morgan fingerprint density at radius 2 is 2.00 bits per heavy atom. The van der Waals surface area contributed by atoms with E-state index in [0.29, 0.717) is 11.9 Å². The van der Waals surface area contributed by atoms with Crippen molar-refractivity contribution in [1.82, 2.24) is 14.9 Å². The number of nitrogens with one attached hydrogen (secondary N) is 1. The van der Waals surface area contributed by atoms with Crippen LogP contribution in [0.2, 0.25) is 5.02 Å². The van der Waals surface area contributed by atoms with Gasteiger partial charge in [0.2, 0.25) is 14.2 Å². The standard InChI is InChI=1S/C21H22ClN4O2S2/c1-15(16-5-3-2-4-6-16)26-10-7-17(8-11-26)25-20-19(22)13-18(14-24-20)30(27,28)21-23-9-12-29-21/h2-6,12-15,17H,7-8,10-11H2,1H3,(H,24,25)/t15-/m1/s1. The minimum Gasteiger partial charge on any atom is -0.366 e. The fourth-order valence-electron chi connectivity index (χ4n) is 3.65. The van der Waals surface area contributed by atoms with Crippen molar-refractivity contribution in [3.05, 3.63) is 64.8 Å². The number of halogens is 1. The Morgan fingerprint density at radius 3 is 2.63 bits per heavy atom. The van der Waals surface area contributed by atoms with Crippen LogP contribution in [-0.4, -0.2) is 42.4 Å². The highest BCUT2D eigenvalue weighted by Gasteiger charge is 2.25. The molecule has 157 valence electrons. The summed E-state index contributed by atoms with van der Waals surface area (Å²) in [4.78, 5) is 10.6. The summed E-state index contributed by atoms with van der Waals surface area (Å²) in [5.74, 6) is 0.510. The summed E-state index contributed by atoms with van der Waals surface area (Å²) in [7, 11) is -3.72. The SMILES string of the molecule is C[C@H](c1ccccc1)N1CCC(Nc2ncc(S(=O)(=O)c3n[c]cs3)cc2Cl)CC1. The zero-order valence-corrected chi connectivity index (χ0v) is 18.8. The fourth-order valence-corrected chi connectivity index (χ4v) is 6.02.